The number of guanidine groups is 1. The van der Waals surface area contributed by atoms with E-state index in [0.717, 1.165) is 64.9 Å². The van der Waals surface area contributed by atoms with Crippen LogP contribution in [0.5, 0.6) is 0 Å². The molecule has 0 spiro atoms. The van der Waals surface area contributed by atoms with Crippen LogP contribution in [0.2, 0.25) is 0 Å². The Labute approximate surface area is 202 Å². The normalized spacial score (nSPS) is 25.6. The predicted octanol–water partition coefficient (Wildman–Crippen LogP) is 3.57. The van der Waals surface area contributed by atoms with E-state index < -0.39 is 0 Å². The lowest BCUT2D eigenvalue weighted by atomic mass is 9.96. The summed E-state index contributed by atoms with van der Waals surface area (Å²) in [6.07, 6.45) is 4.67. The van der Waals surface area contributed by atoms with Gasteiger partial charge in [-0.2, -0.15) is 11.8 Å². The Morgan fingerprint density at radius 1 is 1.20 bits per heavy atom. The Bertz CT molecular complexity index is 715. The summed E-state index contributed by atoms with van der Waals surface area (Å²) >= 11 is 2.08. The standard InChI is InChI=1S/C23H34N4OS.HI/c1-2-24-22(26-11-8-21(9-12-26)20-6-4-3-5-7-20)25-18-23(10-17-29-19-23)27-13-15-28-16-14-27;/h3-8H,2,9-19H2,1H3,(H,24,25);1H. The number of nitrogens with zero attached hydrogens (tertiary/aromatic N) is 3. The number of nitrogens with one attached hydrogen (secondary N) is 1. The highest BCUT2D eigenvalue weighted by molar-refractivity contribution is 14.0. The maximum atomic E-state index is 5.60. The molecule has 3 aliphatic heterocycles. The zero-order chi connectivity index (χ0) is 19.9. The van der Waals surface area contributed by atoms with Gasteiger partial charge in [0.1, 0.15) is 0 Å². The van der Waals surface area contributed by atoms with Crippen molar-refractivity contribution in [2.45, 2.75) is 25.3 Å². The fourth-order valence-electron chi connectivity index (χ4n) is 4.53. The molecule has 5 nitrogen and oxygen atoms in total. The highest BCUT2D eigenvalue weighted by atomic mass is 127. The molecule has 1 N–H and O–H groups in total. The monoisotopic (exact) mass is 542 g/mol. The SMILES string of the molecule is CCNC(=NCC1(N2CCOCC2)CCSC1)N1CC=C(c2ccccc2)CC1.I. The number of aliphatic imine (C=N–C) groups is 1. The molecule has 2 fully saturated rings. The minimum Gasteiger partial charge on any atom is -0.379 e. The van der Waals surface area contributed by atoms with Crippen molar-refractivity contribution in [3.05, 3.63) is 42.0 Å². The molecule has 1 aromatic carbocycles. The molecular weight excluding hydrogens is 507 g/mol. The van der Waals surface area contributed by atoms with Gasteiger partial charge in [0.05, 0.1) is 25.3 Å². The third kappa shape index (κ3) is 5.72. The van der Waals surface area contributed by atoms with Gasteiger partial charge in [-0.3, -0.25) is 9.89 Å². The molecule has 0 amide bonds. The molecule has 1 unspecified atom stereocenters. The first kappa shape index (κ1) is 23.9. The molecule has 166 valence electrons. The van der Waals surface area contributed by atoms with Crippen molar-refractivity contribution in [2.75, 3.05) is 64.0 Å². The minimum absolute atomic E-state index is 0. The summed E-state index contributed by atoms with van der Waals surface area (Å²) in [7, 11) is 0. The van der Waals surface area contributed by atoms with Crippen LogP contribution >= 0.6 is 35.7 Å². The molecule has 3 heterocycles. The number of benzene rings is 1. The van der Waals surface area contributed by atoms with Crippen molar-refractivity contribution in [2.24, 2.45) is 4.99 Å². The molecule has 30 heavy (non-hydrogen) atoms. The molecule has 0 saturated carbocycles. The summed E-state index contributed by atoms with van der Waals surface area (Å²) in [5.74, 6) is 3.50. The van der Waals surface area contributed by atoms with Crippen LogP contribution in [0.3, 0.4) is 0 Å². The van der Waals surface area contributed by atoms with Gasteiger partial charge in [-0.05, 0) is 36.7 Å². The van der Waals surface area contributed by atoms with Crippen LogP contribution in [-0.2, 0) is 4.74 Å². The van der Waals surface area contributed by atoms with Gasteiger partial charge in [0.15, 0.2) is 5.96 Å². The summed E-state index contributed by atoms with van der Waals surface area (Å²) in [5.41, 5.74) is 3.01. The lowest BCUT2D eigenvalue weighted by molar-refractivity contribution is -0.0105. The molecule has 2 saturated heterocycles. The Morgan fingerprint density at radius 3 is 2.63 bits per heavy atom. The Kier molecular flexibility index (Phi) is 9.34. The number of thioether (sulfide) groups is 1. The van der Waals surface area contributed by atoms with Crippen LogP contribution in [-0.4, -0.2) is 85.3 Å². The van der Waals surface area contributed by atoms with Crippen molar-refractivity contribution >= 4 is 47.3 Å². The fraction of sp³-hybridized carbons (Fsp3) is 0.609. The average Bonchev–Trinajstić information content (AvgIpc) is 3.28. The van der Waals surface area contributed by atoms with Crippen LogP contribution in [0.25, 0.3) is 5.57 Å². The van der Waals surface area contributed by atoms with E-state index in [-0.39, 0.29) is 29.5 Å². The van der Waals surface area contributed by atoms with Gasteiger partial charge >= 0.3 is 0 Å². The predicted molar refractivity (Wildman–Crippen MR) is 139 cm³/mol. The molecule has 0 radical (unpaired) electrons. The van der Waals surface area contributed by atoms with Gasteiger partial charge in [-0.15, -0.1) is 24.0 Å². The summed E-state index contributed by atoms with van der Waals surface area (Å²) < 4.78 is 5.60. The van der Waals surface area contributed by atoms with Gasteiger partial charge in [0, 0.05) is 38.5 Å². The molecule has 1 aromatic rings. The largest absolute Gasteiger partial charge is 0.379 e. The van der Waals surface area contributed by atoms with Crippen molar-refractivity contribution < 1.29 is 4.74 Å². The van der Waals surface area contributed by atoms with Crippen molar-refractivity contribution in [1.29, 1.82) is 0 Å². The van der Waals surface area contributed by atoms with E-state index in [4.69, 9.17) is 9.73 Å². The number of morpholine rings is 1. The topological polar surface area (TPSA) is 40.1 Å². The van der Waals surface area contributed by atoms with Gasteiger partial charge in [0.2, 0.25) is 0 Å². The minimum atomic E-state index is 0. The molecule has 0 aromatic heterocycles. The molecule has 0 aliphatic carbocycles. The molecule has 0 bridgehead atoms. The van der Waals surface area contributed by atoms with Gasteiger partial charge < -0.3 is 15.0 Å². The van der Waals surface area contributed by atoms with Crippen LogP contribution in [0.1, 0.15) is 25.3 Å². The van der Waals surface area contributed by atoms with E-state index in [1.165, 1.54) is 29.1 Å². The van der Waals surface area contributed by atoms with Gasteiger partial charge in [0.25, 0.3) is 0 Å². The van der Waals surface area contributed by atoms with E-state index in [9.17, 15) is 0 Å². The summed E-state index contributed by atoms with van der Waals surface area (Å²) in [4.78, 5) is 10.2. The maximum absolute atomic E-state index is 5.60. The fourth-order valence-corrected chi connectivity index (χ4v) is 6.00. The maximum Gasteiger partial charge on any atom is 0.194 e. The highest BCUT2D eigenvalue weighted by Gasteiger charge is 2.40. The van der Waals surface area contributed by atoms with Crippen molar-refractivity contribution in [1.82, 2.24) is 15.1 Å². The lowest BCUT2D eigenvalue weighted by Gasteiger charge is -2.42. The third-order valence-electron chi connectivity index (χ3n) is 6.28. The Hall–Kier alpha value is -0.770. The quantitative estimate of drug-likeness (QED) is 0.350. The first-order valence-corrected chi connectivity index (χ1v) is 12.1. The molecular formula is C23H35IN4OS. The molecule has 1 atom stereocenters. The highest BCUT2D eigenvalue weighted by Crippen LogP contribution is 2.34. The second-order valence-electron chi connectivity index (χ2n) is 8.09. The second-order valence-corrected chi connectivity index (χ2v) is 9.19. The average molecular weight is 543 g/mol. The van der Waals surface area contributed by atoms with E-state index in [1.54, 1.807) is 0 Å². The zero-order valence-corrected chi connectivity index (χ0v) is 21.2. The zero-order valence-electron chi connectivity index (χ0n) is 18.0. The first-order chi connectivity index (χ1) is 14.3. The van der Waals surface area contributed by atoms with E-state index in [1.807, 2.05) is 0 Å². The molecule has 7 heteroatoms. The molecule has 3 aliphatic rings. The lowest BCUT2D eigenvalue weighted by Crippen LogP contribution is -2.56. The van der Waals surface area contributed by atoms with Crippen LogP contribution in [0.15, 0.2) is 41.4 Å². The van der Waals surface area contributed by atoms with E-state index >= 15 is 0 Å². The Balaban J connectivity index is 0.00000256. The van der Waals surface area contributed by atoms with Crippen LogP contribution in [0, 0.1) is 0 Å². The number of ether oxygens (including phenoxy) is 1. The van der Waals surface area contributed by atoms with Crippen LogP contribution in [0.4, 0.5) is 0 Å². The van der Waals surface area contributed by atoms with E-state index in [0.29, 0.717) is 0 Å². The smallest absolute Gasteiger partial charge is 0.194 e. The second kappa shape index (κ2) is 11.7. The van der Waals surface area contributed by atoms with Crippen molar-refractivity contribution in [3.63, 3.8) is 0 Å². The number of rotatable bonds is 5. The first-order valence-electron chi connectivity index (χ1n) is 11.0. The summed E-state index contributed by atoms with van der Waals surface area (Å²) in [6, 6.07) is 10.8. The third-order valence-corrected chi connectivity index (χ3v) is 7.51. The Morgan fingerprint density at radius 2 is 2.00 bits per heavy atom. The van der Waals surface area contributed by atoms with Crippen LogP contribution < -0.4 is 5.32 Å². The summed E-state index contributed by atoms with van der Waals surface area (Å²) in [5, 5.41) is 3.55. The molecule has 4 rings (SSSR count). The summed E-state index contributed by atoms with van der Waals surface area (Å²) in [6.45, 7) is 9.69. The number of halogens is 1. The van der Waals surface area contributed by atoms with Gasteiger partial charge in [-0.1, -0.05) is 36.4 Å². The van der Waals surface area contributed by atoms with E-state index in [2.05, 4.69) is 70.2 Å². The number of hydrogen-bond acceptors (Lipinski definition) is 4. The van der Waals surface area contributed by atoms with Gasteiger partial charge in [-0.25, -0.2) is 0 Å². The number of hydrogen-bond donors (Lipinski definition) is 1. The van der Waals surface area contributed by atoms with Crippen molar-refractivity contribution in [3.8, 4) is 0 Å².